The number of ether oxygens (including phenoxy) is 1. The lowest BCUT2D eigenvalue weighted by Crippen LogP contribution is -2.39. The number of nitrogens with one attached hydrogen (secondary N) is 2. The van der Waals surface area contributed by atoms with Gasteiger partial charge in [-0.3, -0.25) is 14.9 Å². The summed E-state index contributed by atoms with van der Waals surface area (Å²) in [5.74, 6) is 1.10. The number of nitrogens with zero attached hydrogens (tertiary/aromatic N) is 4. The van der Waals surface area contributed by atoms with Crippen molar-refractivity contribution in [3.63, 3.8) is 0 Å². The fraction of sp³-hybridized carbons (Fsp3) is 0.440. The number of aromatic nitrogens is 3. The summed E-state index contributed by atoms with van der Waals surface area (Å²) >= 11 is 0. The smallest absolute Gasteiger partial charge is 0.256 e. The molecule has 2 N–H and O–H groups in total. The zero-order valence-corrected chi connectivity index (χ0v) is 19.6. The predicted molar refractivity (Wildman–Crippen MR) is 129 cm³/mol. The Morgan fingerprint density at radius 2 is 2.06 bits per heavy atom. The molecule has 0 radical (unpaired) electrons. The fourth-order valence-electron chi connectivity index (χ4n) is 5.17. The van der Waals surface area contributed by atoms with Crippen LogP contribution in [0.5, 0.6) is 5.88 Å². The van der Waals surface area contributed by atoms with Gasteiger partial charge in [0.25, 0.3) is 5.91 Å². The number of H-pyrrole nitrogens is 1. The number of benzene rings is 1. The first-order chi connectivity index (χ1) is 16.4. The lowest BCUT2D eigenvalue weighted by atomic mass is 9.97. The minimum Gasteiger partial charge on any atom is -0.480 e. The monoisotopic (exact) mass is 460 g/mol. The third-order valence-corrected chi connectivity index (χ3v) is 7.30. The Labute approximate surface area is 197 Å². The molecule has 1 aromatic carbocycles. The van der Waals surface area contributed by atoms with E-state index in [0.29, 0.717) is 24.0 Å². The largest absolute Gasteiger partial charge is 0.480 e. The highest BCUT2D eigenvalue weighted by molar-refractivity contribution is 6.06. The fourth-order valence-corrected chi connectivity index (χ4v) is 5.17. The highest BCUT2D eigenvalue weighted by atomic mass is 16.5. The number of rotatable bonds is 6. The molecule has 0 bridgehead atoms. The van der Waals surface area contributed by atoms with Gasteiger partial charge in [-0.05, 0) is 55.4 Å². The van der Waals surface area contributed by atoms with Crippen molar-refractivity contribution in [1.29, 1.82) is 0 Å². The summed E-state index contributed by atoms with van der Waals surface area (Å²) in [4.78, 5) is 41.4. The molecular weight excluding hydrogens is 432 g/mol. The first-order valence-corrected chi connectivity index (χ1v) is 11.9. The van der Waals surface area contributed by atoms with E-state index in [1.54, 1.807) is 7.11 Å². The van der Waals surface area contributed by atoms with Gasteiger partial charge < -0.3 is 19.5 Å². The molecule has 3 aliphatic rings. The molecule has 0 unspecified atom stereocenters. The van der Waals surface area contributed by atoms with Gasteiger partial charge in [0.2, 0.25) is 17.7 Å². The van der Waals surface area contributed by atoms with Crippen LogP contribution in [0.25, 0.3) is 22.2 Å². The van der Waals surface area contributed by atoms with Crippen LogP contribution in [0.1, 0.15) is 49.0 Å². The number of carbonyl (C=O) groups is 2. The molecule has 2 amide bonds. The van der Waals surface area contributed by atoms with Crippen LogP contribution in [0.15, 0.2) is 18.3 Å². The molecule has 2 fully saturated rings. The number of amides is 2. The summed E-state index contributed by atoms with van der Waals surface area (Å²) in [6.07, 6.45) is 5.45. The number of hydrogen-bond acceptors (Lipinski definition) is 6. The topological polar surface area (TPSA) is 103 Å². The second-order valence-electron chi connectivity index (χ2n) is 9.54. The molecule has 2 aliphatic heterocycles. The minimum absolute atomic E-state index is 0.155. The van der Waals surface area contributed by atoms with Crippen molar-refractivity contribution in [1.82, 2.24) is 19.9 Å². The number of aromatic amines is 1. The van der Waals surface area contributed by atoms with Gasteiger partial charge in [-0.1, -0.05) is 0 Å². The van der Waals surface area contributed by atoms with Gasteiger partial charge in [-0.25, -0.2) is 0 Å². The molecule has 1 saturated carbocycles. The summed E-state index contributed by atoms with van der Waals surface area (Å²) in [6.45, 7) is 6.16. The Hall–Kier alpha value is -3.62. The Morgan fingerprint density at radius 3 is 2.71 bits per heavy atom. The minimum atomic E-state index is -0.249. The zero-order valence-electron chi connectivity index (χ0n) is 19.6. The molecule has 4 heterocycles. The number of fused-ring (bicyclic) bond motifs is 2. The summed E-state index contributed by atoms with van der Waals surface area (Å²) in [5, 5.41) is 3.37. The molecule has 9 nitrogen and oxygen atoms in total. The lowest BCUT2D eigenvalue weighted by molar-refractivity contribution is -0.114. The van der Waals surface area contributed by atoms with Crippen molar-refractivity contribution in [2.24, 2.45) is 5.92 Å². The van der Waals surface area contributed by atoms with Crippen molar-refractivity contribution in [3.05, 3.63) is 29.5 Å². The van der Waals surface area contributed by atoms with E-state index in [-0.39, 0.29) is 23.8 Å². The van der Waals surface area contributed by atoms with Gasteiger partial charge in [0.1, 0.15) is 5.65 Å². The maximum atomic E-state index is 13.5. The quantitative estimate of drug-likeness (QED) is 0.583. The second-order valence-corrected chi connectivity index (χ2v) is 9.54. The van der Waals surface area contributed by atoms with Gasteiger partial charge in [0, 0.05) is 44.4 Å². The highest BCUT2D eigenvalue weighted by Crippen LogP contribution is 2.44. The third-order valence-electron chi connectivity index (χ3n) is 7.30. The van der Waals surface area contributed by atoms with Crippen LogP contribution in [0.3, 0.4) is 0 Å². The number of methoxy groups -OCH3 is 1. The molecular formula is C25H28N6O3. The molecule has 2 aromatic heterocycles. The normalized spacial score (nSPS) is 18.1. The summed E-state index contributed by atoms with van der Waals surface area (Å²) in [7, 11) is 1.56. The average molecular weight is 461 g/mol. The Kier molecular flexibility index (Phi) is 4.75. The summed E-state index contributed by atoms with van der Waals surface area (Å²) in [5.41, 5.74) is 5.42. The molecule has 3 aromatic rings. The van der Waals surface area contributed by atoms with Crippen molar-refractivity contribution >= 4 is 34.5 Å². The number of carbonyl (C=O) groups excluding carboxylic acids is 2. The Morgan fingerprint density at radius 1 is 1.26 bits per heavy atom. The molecule has 1 atom stereocenters. The Balaban J connectivity index is 1.47. The maximum absolute atomic E-state index is 13.5. The van der Waals surface area contributed by atoms with Crippen molar-refractivity contribution < 1.29 is 14.3 Å². The van der Waals surface area contributed by atoms with E-state index in [2.05, 4.69) is 44.2 Å². The van der Waals surface area contributed by atoms with Crippen molar-refractivity contribution in [2.75, 3.05) is 30.4 Å². The van der Waals surface area contributed by atoms with Crippen LogP contribution in [0, 0.1) is 5.92 Å². The molecule has 0 spiro atoms. The molecule has 1 aliphatic carbocycles. The van der Waals surface area contributed by atoms with Gasteiger partial charge in [-0.2, -0.15) is 9.97 Å². The van der Waals surface area contributed by atoms with Crippen LogP contribution < -0.4 is 15.0 Å². The van der Waals surface area contributed by atoms with Gasteiger partial charge in [0.05, 0.1) is 23.7 Å². The van der Waals surface area contributed by atoms with Crippen LogP contribution >= 0.6 is 0 Å². The van der Waals surface area contributed by atoms with E-state index in [1.165, 1.54) is 19.8 Å². The zero-order chi connectivity index (χ0) is 23.6. The van der Waals surface area contributed by atoms with Crippen LogP contribution in [-0.4, -0.2) is 57.9 Å². The first kappa shape index (κ1) is 20.9. The van der Waals surface area contributed by atoms with Crippen LogP contribution in [0.4, 0.5) is 11.6 Å². The molecule has 176 valence electrons. The third kappa shape index (κ3) is 3.29. The molecule has 1 saturated heterocycles. The van der Waals surface area contributed by atoms with Gasteiger partial charge in [-0.15, -0.1) is 0 Å². The van der Waals surface area contributed by atoms with E-state index in [9.17, 15) is 9.59 Å². The van der Waals surface area contributed by atoms with E-state index < -0.39 is 0 Å². The summed E-state index contributed by atoms with van der Waals surface area (Å²) in [6, 6.07) is 4.51. The summed E-state index contributed by atoms with van der Waals surface area (Å²) < 4.78 is 5.58. The van der Waals surface area contributed by atoms with E-state index in [1.807, 2.05) is 11.1 Å². The first-order valence-electron chi connectivity index (χ1n) is 11.9. The van der Waals surface area contributed by atoms with E-state index in [4.69, 9.17) is 4.74 Å². The van der Waals surface area contributed by atoms with Gasteiger partial charge in [0.15, 0.2) is 0 Å². The molecule has 9 heteroatoms. The SMILES string of the molecule is COc1nc(NC(C)=O)nc2[nH]cc(-c3cc4c(c(N5CCC5)c3)C(=O)N([C@@H](C)C3CC3)C4)c12. The van der Waals surface area contributed by atoms with E-state index >= 15 is 0 Å². The van der Waals surface area contributed by atoms with Crippen LogP contribution in [0.2, 0.25) is 0 Å². The average Bonchev–Trinajstić information content (AvgIpc) is 3.45. The second kappa shape index (κ2) is 7.72. The highest BCUT2D eigenvalue weighted by Gasteiger charge is 2.40. The van der Waals surface area contributed by atoms with Gasteiger partial charge >= 0.3 is 0 Å². The van der Waals surface area contributed by atoms with E-state index in [0.717, 1.165) is 52.8 Å². The van der Waals surface area contributed by atoms with Crippen LogP contribution in [-0.2, 0) is 11.3 Å². The van der Waals surface area contributed by atoms with Crippen molar-refractivity contribution in [3.8, 4) is 17.0 Å². The van der Waals surface area contributed by atoms with Crippen molar-refractivity contribution in [2.45, 2.75) is 45.7 Å². The molecule has 6 rings (SSSR count). The Bertz CT molecular complexity index is 1320. The molecule has 34 heavy (non-hydrogen) atoms. The maximum Gasteiger partial charge on any atom is 0.256 e. The predicted octanol–water partition coefficient (Wildman–Crippen LogP) is 3.56. The number of hydrogen-bond donors (Lipinski definition) is 2. The lowest BCUT2D eigenvalue weighted by Gasteiger charge is -2.35. The standard InChI is InChI=1S/C25H28N6O3/c1-13(15-5-6-15)31-12-17-9-16(10-19(20(17)24(31)33)30-7-4-8-30)18-11-26-22-21(18)23(34-3)29-25(28-22)27-14(2)32/h9-11,13,15H,4-8,12H2,1-3H3,(H2,26,27,28,29,32)/t13-/m0/s1. The number of anilines is 2.